The minimum atomic E-state index is -3.41. The lowest BCUT2D eigenvalue weighted by atomic mass is 10.0. The first-order valence-corrected chi connectivity index (χ1v) is 8.82. The molecule has 1 fully saturated rings. The molecular weight excluding hydrogens is 282 g/mol. The van der Waals surface area contributed by atoms with E-state index in [1.165, 1.54) is 26.2 Å². The third kappa shape index (κ3) is 5.33. The largest absolute Gasteiger partial charge is 0.392 e. The van der Waals surface area contributed by atoms with Gasteiger partial charge in [0.1, 0.15) is 5.25 Å². The highest BCUT2D eigenvalue weighted by molar-refractivity contribution is 7.93. The summed E-state index contributed by atoms with van der Waals surface area (Å²) in [5, 5.41) is -0.809. The molecule has 0 radical (unpaired) electrons. The number of sulfonamides is 1. The van der Waals surface area contributed by atoms with Crippen LogP contribution >= 0.6 is 12.2 Å². The predicted octanol–water partition coefficient (Wildman–Crippen LogP) is 0.845. The fourth-order valence-corrected chi connectivity index (χ4v) is 3.63. The molecule has 0 saturated carbocycles. The Balaban J connectivity index is 2.28. The highest BCUT2D eigenvalue weighted by Crippen LogP contribution is 2.16. The highest BCUT2D eigenvalue weighted by atomic mass is 32.2. The smallest absolute Gasteiger partial charge is 0.220 e. The van der Waals surface area contributed by atoms with Gasteiger partial charge in [-0.15, -0.1) is 0 Å². The van der Waals surface area contributed by atoms with Crippen LogP contribution in [0.1, 0.15) is 39.5 Å². The van der Waals surface area contributed by atoms with Crippen LogP contribution in [0.4, 0.5) is 0 Å². The van der Waals surface area contributed by atoms with Crippen LogP contribution in [0.25, 0.3) is 0 Å². The van der Waals surface area contributed by atoms with Gasteiger partial charge < -0.3 is 10.6 Å². The van der Waals surface area contributed by atoms with E-state index >= 15 is 0 Å². The van der Waals surface area contributed by atoms with Crippen molar-refractivity contribution in [2.24, 2.45) is 5.73 Å². The third-order valence-electron chi connectivity index (χ3n) is 3.73. The zero-order chi connectivity index (χ0) is 14.5. The molecular formula is C12H25N3O2S2. The predicted molar refractivity (Wildman–Crippen MR) is 82.7 cm³/mol. The molecule has 2 unspecified atom stereocenters. The summed E-state index contributed by atoms with van der Waals surface area (Å²) in [6, 6.07) is 0.612. The lowest BCUT2D eigenvalue weighted by Crippen LogP contribution is -2.42. The Labute approximate surface area is 122 Å². The number of hydrogen-bond acceptors (Lipinski definition) is 4. The van der Waals surface area contributed by atoms with Crippen molar-refractivity contribution in [3.63, 3.8) is 0 Å². The summed E-state index contributed by atoms with van der Waals surface area (Å²) in [6.45, 7) is 6.25. The number of thiocarbonyl (C=S) groups is 1. The molecule has 0 aromatic heterocycles. The number of likely N-dealkylation sites (tertiary alicyclic amines) is 1. The van der Waals surface area contributed by atoms with E-state index < -0.39 is 15.3 Å². The van der Waals surface area contributed by atoms with E-state index in [9.17, 15) is 8.42 Å². The molecule has 19 heavy (non-hydrogen) atoms. The Bertz CT molecular complexity index is 398. The molecule has 1 heterocycles. The van der Waals surface area contributed by atoms with Crippen LogP contribution in [0.3, 0.4) is 0 Å². The zero-order valence-corrected chi connectivity index (χ0v) is 13.4. The molecule has 1 aliphatic heterocycles. The van der Waals surface area contributed by atoms with Crippen molar-refractivity contribution in [3.05, 3.63) is 0 Å². The van der Waals surface area contributed by atoms with Crippen LogP contribution in [0.5, 0.6) is 0 Å². The number of piperidine rings is 1. The fraction of sp³-hybridized carbons (Fsp3) is 0.917. The highest BCUT2D eigenvalue weighted by Gasteiger charge is 2.23. The second kappa shape index (κ2) is 7.52. The first kappa shape index (κ1) is 16.8. The summed E-state index contributed by atoms with van der Waals surface area (Å²) >= 11 is 4.71. The normalized spacial score (nSPS) is 23.2. The molecule has 2 atom stereocenters. The molecule has 112 valence electrons. The average molecular weight is 307 g/mol. The molecule has 1 saturated heterocycles. The summed E-state index contributed by atoms with van der Waals surface area (Å²) in [4.78, 5) is 2.44. The van der Waals surface area contributed by atoms with Crippen molar-refractivity contribution in [1.82, 2.24) is 9.62 Å². The van der Waals surface area contributed by atoms with Crippen LogP contribution in [0, 0.1) is 0 Å². The number of nitrogens with one attached hydrogen (secondary N) is 1. The molecule has 5 nitrogen and oxygen atoms in total. The Morgan fingerprint density at radius 2 is 2.21 bits per heavy atom. The number of hydrogen-bond donors (Lipinski definition) is 2. The SMILES string of the molecule is CC1CCCCN1CCCNS(=O)(=O)C(C)C(N)=S. The van der Waals surface area contributed by atoms with Crippen molar-refractivity contribution in [1.29, 1.82) is 0 Å². The van der Waals surface area contributed by atoms with Gasteiger partial charge in [-0.1, -0.05) is 18.6 Å². The van der Waals surface area contributed by atoms with E-state index in [4.69, 9.17) is 18.0 Å². The summed E-state index contributed by atoms with van der Waals surface area (Å²) in [7, 11) is -3.41. The molecule has 1 rings (SSSR count). The van der Waals surface area contributed by atoms with Gasteiger partial charge in [0.15, 0.2) is 0 Å². The minimum Gasteiger partial charge on any atom is -0.392 e. The van der Waals surface area contributed by atoms with Gasteiger partial charge in [0.2, 0.25) is 10.0 Å². The van der Waals surface area contributed by atoms with Gasteiger partial charge in [-0.25, -0.2) is 13.1 Å². The first-order valence-electron chi connectivity index (χ1n) is 6.86. The summed E-state index contributed by atoms with van der Waals surface area (Å²) < 4.78 is 26.2. The standard InChI is InChI=1S/C12H25N3O2S2/c1-10-6-3-4-8-15(10)9-5-7-14-19(16,17)11(2)12(13)18/h10-11,14H,3-9H2,1-2H3,(H2,13,18). The molecule has 7 heteroatoms. The van der Waals surface area contributed by atoms with Gasteiger partial charge in [-0.3, -0.25) is 0 Å². The molecule has 0 aromatic rings. The quantitative estimate of drug-likeness (QED) is 0.538. The number of nitrogens with two attached hydrogens (primary N) is 1. The van der Waals surface area contributed by atoms with Crippen molar-refractivity contribution in [2.45, 2.75) is 50.8 Å². The Kier molecular flexibility index (Phi) is 6.65. The molecule has 0 bridgehead atoms. The molecule has 0 aromatic carbocycles. The Morgan fingerprint density at radius 3 is 2.79 bits per heavy atom. The molecule has 0 aliphatic carbocycles. The van der Waals surface area contributed by atoms with E-state index in [0.717, 1.165) is 19.5 Å². The molecule has 1 aliphatic rings. The van der Waals surface area contributed by atoms with Crippen molar-refractivity contribution >= 4 is 27.2 Å². The number of nitrogens with zero attached hydrogens (tertiary/aromatic N) is 1. The lowest BCUT2D eigenvalue weighted by molar-refractivity contribution is 0.159. The van der Waals surface area contributed by atoms with E-state index in [0.29, 0.717) is 12.6 Å². The summed E-state index contributed by atoms with van der Waals surface area (Å²) in [6.07, 6.45) is 4.60. The van der Waals surface area contributed by atoms with Gasteiger partial charge >= 0.3 is 0 Å². The fourth-order valence-electron chi connectivity index (χ4n) is 2.26. The van der Waals surface area contributed by atoms with Gasteiger partial charge in [-0.05, 0) is 46.2 Å². The van der Waals surface area contributed by atoms with Gasteiger partial charge in [-0.2, -0.15) is 0 Å². The lowest BCUT2D eigenvalue weighted by Gasteiger charge is -2.33. The second-order valence-corrected chi connectivity index (χ2v) is 7.78. The maximum Gasteiger partial charge on any atom is 0.220 e. The Morgan fingerprint density at radius 1 is 1.53 bits per heavy atom. The van der Waals surface area contributed by atoms with E-state index in [2.05, 4.69) is 16.5 Å². The van der Waals surface area contributed by atoms with Crippen LogP contribution in [-0.4, -0.2) is 49.2 Å². The maximum absolute atomic E-state index is 11.8. The van der Waals surface area contributed by atoms with E-state index in [1.54, 1.807) is 0 Å². The van der Waals surface area contributed by atoms with Crippen LogP contribution in [0.2, 0.25) is 0 Å². The average Bonchev–Trinajstić information content (AvgIpc) is 2.35. The van der Waals surface area contributed by atoms with Crippen molar-refractivity contribution in [3.8, 4) is 0 Å². The molecule has 0 spiro atoms. The number of rotatable bonds is 7. The van der Waals surface area contributed by atoms with Crippen molar-refractivity contribution in [2.75, 3.05) is 19.6 Å². The maximum atomic E-state index is 11.8. The molecule has 3 N–H and O–H groups in total. The minimum absolute atomic E-state index is 0.0113. The summed E-state index contributed by atoms with van der Waals surface area (Å²) in [5.41, 5.74) is 5.37. The monoisotopic (exact) mass is 307 g/mol. The topological polar surface area (TPSA) is 75.4 Å². The second-order valence-electron chi connectivity index (χ2n) is 5.22. The van der Waals surface area contributed by atoms with E-state index in [-0.39, 0.29) is 4.99 Å². The first-order chi connectivity index (χ1) is 8.84. The van der Waals surface area contributed by atoms with E-state index in [1.807, 2.05) is 0 Å². The van der Waals surface area contributed by atoms with Crippen LogP contribution in [-0.2, 0) is 10.0 Å². The van der Waals surface area contributed by atoms with Gasteiger partial charge in [0, 0.05) is 12.6 Å². The zero-order valence-electron chi connectivity index (χ0n) is 11.8. The Hall–Kier alpha value is -0.240. The van der Waals surface area contributed by atoms with Crippen molar-refractivity contribution < 1.29 is 8.42 Å². The third-order valence-corrected chi connectivity index (χ3v) is 6.03. The van der Waals surface area contributed by atoms with Gasteiger partial charge in [0.25, 0.3) is 0 Å². The molecule has 0 amide bonds. The van der Waals surface area contributed by atoms with Crippen LogP contribution in [0.15, 0.2) is 0 Å². The van der Waals surface area contributed by atoms with Crippen LogP contribution < -0.4 is 10.5 Å². The summed E-state index contributed by atoms with van der Waals surface area (Å²) in [5.74, 6) is 0. The van der Waals surface area contributed by atoms with Gasteiger partial charge in [0.05, 0.1) is 4.99 Å².